The highest BCUT2D eigenvalue weighted by molar-refractivity contribution is 7.94. The average molecular weight is 583 g/mol. The molecule has 11 heteroatoms. The second-order valence-corrected chi connectivity index (χ2v) is 14.0. The minimum absolute atomic E-state index is 0.190. The van der Waals surface area contributed by atoms with Crippen molar-refractivity contribution in [2.24, 2.45) is 0 Å². The van der Waals surface area contributed by atoms with Crippen molar-refractivity contribution >= 4 is 33.3 Å². The van der Waals surface area contributed by atoms with Gasteiger partial charge in [-0.05, 0) is 67.5 Å². The smallest absolute Gasteiger partial charge is 0.272 e. The third kappa shape index (κ3) is 4.99. The van der Waals surface area contributed by atoms with Crippen LogP contribution in [0.4, 0.5) is 0 Å². The molecule has 9 nitrogen and oxygen atoms in total. The maximum absolute atomic E-state index is 13.9. The molecule has 40 heavy (non-hydrogen) atoms. The molecule has 0 unspecified atom stereocenters. The molecule has 0 bridgehead atoms. The summed E-state index contributed by atoms with van der Waals surface area (Å²) in [5.41, 5.74) is 2.94. The molecule has 0 saturated heterocycles. The Morgan fingerprint density at radius 3 is 2.40 bits per heavy atom. The lowest BCUT2D eigenvalue weighted by Gasteiger charge is -2.31. The summed E-state index contributed by atoms with van der Waals surface area (Å²) in [5, 5.41) is 7.89. The van der Waals surface area contributed by atoms with Gasteiger partial charge in [0.15, 0.2) is 15.5 Å². The molecule has 1 N–H and O–H groups in total. The molecule has 1 aromatic heterocycles. The summed E-state index contributed by atoms with van der Waals surface area (Å²) in [4.78, 5) is 28.9. The molecular weight excluding hydrogens is 552 g/mol. The van der Waals surface area contributed by atoms with Gasteiger partial charge in [-0.3, -0.25) is 14.3 Å². The Morgan fingerprint density at radius 1 is 1.10 bits per heavy atom. The largest absolute Gasteiger partial charge is 0.497 e. The van der Waals surface area contributed by atoms with Gasteiger partial charge < -0.3 is 15.0 Å². The van der Waals surface area contributed by atoms with E-state index in [1.165, 1.54) is 0 Å². The van der Waals surface area contributed by atoms with Gasteiger partial charge in [-0.15, -0.1) is 0 Å². The molecule has 2 amide bonds. The number of benzene rings is 2. The van der Waals surface area contributed by atoms with E-state index in [4.69, 9.17) is 16.3 Å². The van der Waals surface area contributed by atoms with Gasteiger partial charge in [-0.2, -0.15) is 5.10 Å². The minimum atomic E-state index is -3.26. The standard InChI is InChI=1S/C29H31ClN4O5S/c1-39-22-8-4-20(5-9-22)17-34-26-24(25(32-34)27(35)31-16-19-2-6-21(30)7-3-19)12-15-33(28(26)36)18-29(13-14-29)40(37,38)23-10-11-23/h2-9,23H,10-18H2,1H3,(H,31,35). The normalized spacial score (nSPS) is 17.9. The molecule has 0 radical (unpaired) electrons. The third-order valence-electron chi connectivity index (χ3n) is 8.10. The van der Waals surface area contributed by atoms with E-state index in [0.29, 0.717) is 60.7 Å². The molecule has 0 spiro atoms. The molecule has 3 aromatic rings. The summed E-state index contributed by atoms with van der Waals surface area (Å²) < 4.78 is 32.3. The van der Waals surface area contributed by atoms with Crippen LogP contribution in [0.2, 0.25) is 5.02 Å². The minimum Gasteiger partial charge on any atom is -0.497 e. The summed E-state index contributed by atoms with van der Waals surface area (Å²) in [6.07, 6.45) is 3.03. The zero-order valence-electron chi connectivity index (χ0n) is 22.2. The van der Waals surface area contributed by atoms with E-state index in [9.17, 15) is 18.0 Å². The van der Waals surface area contributed by atoms with Gasteiger partial charge in [0.25, 0.3) is 11.8 Å². The first kappa shape index (κ1) is 26.8. The summed E-state index contributed by atoms with van der Waals surface area (Å²) in [6, 6.07) is 14.6. The van der Waals surface area contributed by atoms with Crippen LogP contribution in [0.15, 0.2) is 48.5 Å². The zero-order valence-corrected chi connectivity index (χ0v) is 23.8. The van der Waals surface area contributed by atoms with Crippen LogP contribution in [-0.2, 0) is 29.3 Å². The highest BCUT2D eigenvalue weighted by atomic mass is 35.5. The predicted molar refractivity (Wildman–Crippen MR) is 150 cm³/mol. The molecule has 6 rings (SSSR count). The van der Waals surface area contributed by atoms with Gasteiger partial charge in [-0.1, -0.05) is 35.9 Å². The molecule has 3 aliphatic rings. The number of aromatic nitrogens is 2. The lowest BCUT2D eigenvalue weighted by Crippen LogP contribution is -2.47. The van der Waals surface area contributed by atoms with Crippen molar-refractivity contribution in [1.82, 2.24) is 20.0 Å². The number of rotatable bonds is 10. The number of ether oxygens (including phenoxy) is 1. The van der Waals surface area contributed by atoms with E-state index in [1.807, 2.05) is 36.4 Å². The maximum atomic E-state index is 13.9. The molecule has 0 atom stereocenters. The maximum Gasteiger partial charge on any atom is 0.272 e. The number of carbonyl (C=O) groups is 2. The zero-order chi connectivity index (χ0) is 28.1. The number of nitrogens with zero attached hydrogens (tertiary/aromatic N) is 3. The highest BCUT2D eigenvalue weighted by Gasteiger charge is 2.60. The summed E-state index contributed by atoms with van der Waals surface area (Å²) >= 11 is 5.97. The van der Waals surface area contributed by atoms with Gasteiger partial charge in [0.2, 0.25) is 0 Å². The Balaban J connectivity index is 1.28. The van der Waals surface area contributed by atoms with Crippen LogP contribution >= 0.6 is 11.6 Å². The van der Waals surface area contributed by atoms with E-state index >= 15 is 0 Å². The fourth-order valence-electron chi connectivity index (χ4n) is 5.45. The van der Waals surface area contributed by atoms with Crippen LogP contribution in [0, 0.1) is 0 Å². The first-order chi connectivity index (χ1) is 19.2. The molecule has 2 aliphatic carbocycles. The Hall–Kier alpha value is -3.37. The summed E-state index contributed by atoms with van der Waals surface area (Å²) in [7, 11) is -1.67. The number of carbonyl (C=O) groups excluding carboxylic acids is 2. The Labute approximate surface area is 238 Å². The first-order valence-electron chi connectivity index (χ1n) is 13.5. The topological polar surface area (TPSA) is 111 Å². The number of methoxy groups -OCH3 is 1. The predicted octanol–water partition coefficient (Wildman–Crippen LogP) is 3.63. The van der Waals surface area contributed by atoms with Crippen LogP contribution in [0.3, 0.4) is 0 Å². The van der Waals surface area contributed by atoms with Crippen molar-refractivity contribution in [2.75, 3.05) is 20.2 Å². The van der Waals surface area contributed by atoms with E-state index in [-0.39, 0.29) is 42.4 Å². The van der Waals surface area contributed by atoms with Crippen molar-refractivity contribution in [3.8, 4) is 5.75 Å². The Bertz CT molecular complexity index is 1560. The van der Waals surface area contributed by atoms with E-state index in [1.54, 1.807) is 28.8 Å². The van der Waals surface area contributed by atoms with Crippen LogP contribution < -0.4 is 10.1 Å². The molecular formula is C29H31ClN4O5S. The third-order valence-corrected chi connectivity index (χ3v) is 11.4. The number of fused-ring (bicyclic) bond motifs is 1. The van der Waals surface area contributed by atoms with E-state index < -0.39 is 14.6 Å². The molecule has 1 aliphatic heterocycles. The van der Waals surface area contributed by atoms with Crippen LogP contribution in [-0.4, -0.2) is 65.1 Å². The van der Waals surface area contributed by atoms with Crippen molar-refractivity contribution in [3.63, 3.8) is 0 Å². The van der Waals surface area contributed by atoms with E-state index in [2.05, 4.69) is 10.4 Å². The van der Waals surface area contributed by atoms with Gasteiger partial charge in [0, 0.05) is 30.2 Å². The number of amides is 2. The fraction of sp³-hybridized carbons (Fsp3) is 0.414. The molecule has 2 fully saturated rings. The van der Waals surface area contributed by atoms with E-state index in [0.717, 1.165) is 11.1 Å². The molecule has 2 heterocycles. The lowest BCUT2D eigenvalue weighted by atomic mass is 10.0. The first-order valence-corrected chi connectivity index (χ1v) is 15.4. The van der Waals surface area contributed by atoms with Crippen molar-refractivity contribution in [1.29, 1.82) is 0 Å². The van der Waals surface area contributed by atoms with Gasteiger partial charge in [0.05, 0.1) is 23.7 Å². The molecule has 2 aromatic carbocycles. The Kier molecular flexibility index (Phi) is 6.86. The molecule has 210 valence electrons. The van der Waals surface area contributed by atoms with Crippen LogP contribution in [0.5, 0.6) is 5.75 Å². The van der Waals surface area contributed by atoms with Gasteiger partial charge in [0.1, 0.15) is 11.4 Å². The lowest BCUT2D eigenvalue weighted by molar-refractivity contribution is 0.0723. The summed E-state index contributed by atoms with van der Waals surface area (Å²) in [5.74, 6) is 0.0644. The fourth-order valence-corrected chi connectivity index (χ4v) is 8.04. The summed E-state index contributed by atoms with van der Waals surface area (Å²) in [6.45, 7) is 1.11. The van der Waals surface area contributed by atoms with Crippen molar-refractivity contribution < 1.29 is 22.7 Å². The van der Waals surface area contributed by atoms with Gasteiger partial charge >= 0.3 is 0 Å². The SMILES string of the molecule is COc1ccc(Cn2nc(C(=O)NCc3ccc(Cl)cc3)c3c2C(=O)N(CC2(S(=O)(=O)C4CC4)CC2)CC3)cc1. The number of nitrogens with one attached hydrogen (secondary N) is 1. The molecule has 2 saturated carbocycles. The van der Waals surface area contributed by atoms with Gasteiger partial charge in [-0.25, -0.2) is 8.42 Å². The monoisotopic (exact) mass is 582 g/mol. The quantitative estimate of drug-likeness (QED) is 0.391. The highest BCUT2D eigenvalue weighted by Crippen LogP contribution is 2.51. The van der Waals surface area contributed by atoms with Crippen molar-refractivity contribution in [2.45, 2.75) is 55.2 Å². The number of hydrogen-bond donors (Lipinski definition) is 1. The van der Waals surface area contributed by atoms with Crippen LogP contribution in [0.25, 0.3) is 0 Å². The number of hydrogen-bond acceptors (Lipinski definition) is 6. The second-order valence-electron chi connectivity index (χ2n) is 10.9. The second kappa shape index (κ2) is 10.2. The number of halogens is 1. The average Bonchev–Trinajstić information content (AvgIpc) is 3.88. The Morgan fingerprint density at radius 2 is 1.77 bits per heavy atom. The van der Waals surface area contributed by atoms with Crippen LogP contribution in [0.1, 0.15) is 63.4 Å². The van der Waals surface area contributed by atoms with Crippen molar-refractivity contribution in [3.05, 3.63) is 81.6 Å². The number of sulfone groups is 1.